The number of rotatable bonds is 12. The number of carboxylic acid groups (broad SMARTS) is 2. The Morgan fingerprint density at radius 3 is 1.37 bits per heavy atom. The fourth-order valence-corrected chi connectivity index (χ4v) is 5.62. The number of hydrogen-bond acceptors (Lipinski definition) is 4. The minimum absolute atomic E-state index is 0.0676. The van der Waals surface area contributed by atoms with Crippen molar-refractivity contribution in [1.82, 2.24) is 20.6 Å². The lowest BCUT2D eigenvalue weighted by molar-refractivity contribution is -0.138. The third kappa shape index (κ3) is 6.23. The van der Waals surface area contributed by atoms with E-state index in [0.717, 1.165) is 56.2 Å². The maximum atomic E-state index is 12.3. The third-order valence-corrected chi connectivity index (χ3v) is 8.13. The van der Waals surface area contributed by atoms with E-state index < -0.39 is 11.9 Å². The zero-order valence-electron chi connectivity index (χ0n) is 24.8. The first-order chi connectivity index (χ1) is 20.4. The summed E-state index contributed by atoms with van der Waals surface area (Å²) in [7, 11) is 0. The van der Waals surface area contributed by atoms with Crippen molar-refractivity contribution >= 4 is 35.9 Å². The van der Waals surface area contributed by atoms with Gasteiger partial charge in [0.15, 0.2) is 0 Å². The van der Waals surface area contributed by atoms with Crippen LogP contribution in [0.2, 0.25) is 0 Å². The van der Waals surface area contributed by atoms with Crippen molar-refractivity contribution in [1.29, 1.82) is 0 Å². The lowest BCUT2D eigenvalue weighted by Gasteiger charge is -2.07. The van der Waals surface area contributed by atoms with Crippen LogP contribution in [0.3, 0.4) is 0 Å². The Morgan fingerprint density at radius 1 is 0.698 bits per heavy atom. The van der Waals surface area contributed by atoms with Crippen LogP contribution in [-0.2, 0) is 38.4 Å². The highest BCUT2D eigenvalue weighted by atomic mass is 16.4. The van der Waals surface area contributed by atoms with Gasteiger partial charge in [-0.3, -0.25) is 19.2 Å². The number of aromatic nitrogens is 2. The average Bonchev–Trinajstić information content (AvgIpc) is 3.58. The lowest BCUT2D eigenvalue weighted by Crippen LogP contribution is -2.15. The van der Waals surface area contributed by atoms with Crippen LogP contribution in [0.1, 0.15) is 71.7 Å². The van der Waals surface area contributed by atoms with E-state index in [9.17, 15) is 29.4 Å². The van der Waals surface area contributed by atoms with Gasteiger partial charge in [0.2, 0.25) is 0 Å². The van der Waals surface area contributed by atoms with Gasteiger partial charge in [-0.25, -0.2) is 0 Å². The molecule has 0 saturated heterocycles. The molecule has 0 aromatic carbocycles. The fourth-order valence-electron chi connectivity index (χ4n) is 5.62. The van der Waals surface area contributed by atoms with Gasteiger partial charge >= 0.3 is 11.9 Å². The Hall–Kier alpha value is -5.12. The van der Waals surface area contributed by atoms with Crippen molar-refractivity contribution in [2.24, 2.45) is 0 Å². The van der Waals surface area contributed by atoms with Gasteiger partial charge in [-0.2, -0.15) is 0 Å². The summed E-state index contributed by atoms with van der Waals surface area (Å²) in [4.78, 5) is 54.6. The number of nitrogens with one attached hydrogen (secondary N) is 4. The first-order valence-corrected chi connectivity index (χ1v) is 13.9. The van der Waals surface area contributed by atoms with Gasteiger partial charge in [0.1, 0.15) is 0 Å². The summed E-state index contributed by atoms with van der Waals surface area (Å²) in [6.07, 6.45) is 7.50. The molecule has 10 nitrogen and oxygen atoms in total. The maximum Gasteiger partial charge on any atom is 0.303 e. The van der Waals surface area contributed by atoms with Crippen molar-refractivity contribution in [3.05, 3.63) is 104 Å². The minimum Gasteiger partial charge on any atom is -0.481 e. The monoisotopic (exact) mass is 584 g/mol. The molecule has 6 N–H and O–H groups in total. The van der Waals surface area contributed by atoms with Crippen LogP contribution in [0, 0.1) is 13.8 Å². The number of allylic oxidation sites excluding steroid dienone is 2. The van der Waals surface area contributed by atoms with Crippen molar-refractivity contribution in [3.63, 3.8) is 0 Å². The van der Waals surface area contributed by atoms with Crippen LogP contribution in [0.4, 0.5) is 0 Å². The Bertz CT molecular complexity index is 1580. The number of carbonyl (C=O) groups excluding carboxylic acids is 2. The van der Waals surface area contributed by atoms with Crippen LogP contribution >= 0.6 is 0 Å². The summed E-state index contributed by atoms with van der Waals surface area (Å²) in [5, 5.41) is 24.6. The number of carbonyl (C=O) groups is 4. The van der Waals surface area contributed by atoms with Crippen LogP contribution < -0.4 is 10.6 Å². The van der Waals surface area contributed by atoms with Crippen molar-refractivity contribution in [2.45, 2.75) is 59.8 Å². The standard InChI is InChI=1S/C33H36N4O6/c1-7-20-16(3)26(36-32(20)42)13-24-18(5)22(9-11-30(38)39)28(34-24)15-29-23(10-12-31(40)41)19(6)25(35-29)14-27-17(4)21(8-2)33(43)37-27/h7-8,13-14,34-35H,1-2,9-12,15H2,3-6H3,(H,36,42)(H,37,43)(H,38,39)(H,40,41)/b26-13+,27-14+. The normalized spacial score (nSPS) is 16.8. The molecule has 0 unspecified atom stereocenters. The van der Waals surface area contributed by atoms with Crippen molar-refractivity contribution in [3.8, 4) is 0 Å². The molecule has 0 atom stereocenters. The van der Waals surface area contributed by atoms with Gasteiger partial charge in [0.25, 0.3) is 11.8 Å². The van der Waals surface area contributed by atoms with Gasteiger partial charge in [-0.15, -0.1) is 0 Å². The van der Waals surface area contributed by atoms with Gasteiger partial charge < -0.3 is 30.8 Å². The summed E-state index contributed by atoms with van der Waals surface area (Å²) in [6, 6.07) is 0. The van der Waals surface area contributed by atoms with Crippen LogP contribution in [0.15, 0.2) is 59.0 Å². The van der Waals surface area contributed by atoms with E-state index in [1.165, 1.54) is 12.2 Å². The highest BCUT2D eigenvalue weighted by molar-refractivity contribution is 6.04. The zero-order chi connectivity index (χ0) is 31.6. The van der Waals surface area contributed by atoms with Crippen LogP contribution in [-0.4, -0.2) is 43.9 Å². The molecule has 2 aliphatic heterocycles. The Kier molecular flexibility index (Phi) is 8.89. The van der Waals surface area contributed by atoms with E-state index in [1.54, 1.807) is 0 Å². The van der Waals surface area contributed by atoms with Gasteiger partial charge in [-0.1, -0.05) is 25.3 Å². The number of carboxylic acids is 2. The quantitative estimate of drug-likeness (QED) is 0.215. The van der Waals surface area contributed by atoms with Crippen LogP contribution in [0.5, 0.6) is 0 Å². The predicted molar refractivity (Wildman–Crippen MR) is 164 cm³/mol. The number of H-pyrrole nitrogens is 2. The van der Waals surface area contributed by atoms with Crippen molar-refractivity contribution in [2.75, 3.05) is 0 Å². The molecule has 4 rings (SSSR count). The number of hydrogen-bond donors (Lipinski definition) is 6. The second-order valence-corrected chi connectivity index (χ2v) is 10.7. The van der Waals surface area contributed by atoms with Gasteiger partial charge in [0.05, 0.1) is 0 Å². The molecular weight excluding hydrogens is 548 g/mol. The topological polar surface area (TPSA) is 164 Å². The molecule has 4 heterocycles. The average molecular weight is 585 g/mol. The summed E-state index contributed by atoms with van der Waals surface area (Å²) in [6.45, 7) is 14.9. The van der Waals surface area contributed by atoms with E-state index in [0.29, 0.717) is 29.0 Å². The molecule has 43 heavy (non-hydrogen) atoms. The molecule has 2 aliphatic rings. The SMILES string of the molecule is C=CC1=C(C)/C(=C\c2[nH]c(Cc3[nH]c(/C=C4/NC(=O)C(C=C)=C4C)c(C)c3CCC(=O)O)c(CCC(=O)O)c2C)NC1=O. The lowest BCUT2D eigenvalue weighted by atomic mass is 9.98. The number of amides is 2. The van der Waals surface area contributed by atoms with Gasteiger partial charge in [-0.05, 0) is 86.1 Å². The molecule has 10 heteroatoms. The highest BCUT2D eigenvalue weighted by Gasteiger charge is 2.25. The summed E-state index contributed by atoms with van der Waals surface area (Å²) in [5.41, 5.74) is 10.3. The molecule has 0 spiro atoms. The molecule has 0 saturated carbocycles. The van der Waals surface area contributed by atoms with Crippen LogP contribution in [0.25, 0.3) is 12.2 Å². The number of aromatic amines is 2. The van der Waals surface area contributed by atoms with E-state index in [4.69, 9.17) is 0 Å². The van der Waals surface area contributed by atoms with Crippen molar-refractivity contribution < 1.29 is 29.4 Å². The number of aliphatic carboxylic acids is 2. The predicted octanol–water partition coefficient (Wildman–Crippen LogP) is 4.53. The Labute approximate surface area is 249 Å². The maximum absolute atomic E-state index is 12.3. The molecule has 224 valence electrons. The Morgan fingerprint density at radius 2 is 1.07 bits per heavy atom. The second kappa shape index (κ2) is 12.4. The Balaban J connectivity index is 1.80. The zero-order valence-corrected chi connectivity index (χ0v) is 24.8. The smallest absolute Gasteiger partial charge is 0.303 e. The fraction of sp³-hybridized carbons (Fsp3) is 0.273. The molecule has 0 fully saturated rings. The molecule has 2 amide bonds. The first-order valence-electron chi connectivity index (χ1n) is 13.9. The molecular formula is C33H36N4O6. The molecule has 0 aliphatic carbocycles. The van der Waals surface area contributed by atoms with E-state index in [1.807, 2.05) is 39.8 Å². The van der Waals surface area contributed by atoms with E-state index in [2.05, 4.69) is 33.8 Å². The largest absolute Gasteiger partial charge is 0.481 e. The van der Waals surface area contributed by atoms with Gasteiger partial charge in [0, 0.05) is 64.6 Å². The minimum atomic E-state index is -0.920. The third-order valence-electron chi connectivity index (χ3n) is 8.13. The summed E-state index contributed by atoms with van der Waals surface area (Å²) >= 11 is 0. The summed E-state index contributed by atoms with van der Waals surface area (Å²) < 4.78 is 0. The molecule has 0 radical (unpaired) electrons. The highest BCUT2D eigenvalue weighted by Crippen LogP contribution is 2.31. The van der Waals surface area contributed by atoms with E-state index >= 15 is 0 Å². The molecule has 2 aromatic heterocycles. The summed E-state index contributed by atoms with van der Waals surface area (Å²) in [5.74, 6) is -2.30. The molecule has 2 aromatic rings. The first kappa shape index (κ1) is 30.8. The van der Waals surface area contributed by atoms with E-state index in [-0.39, 0.29) is 37.5 Å². The second-order valence-electron chi connectivity index (χ2n) is 10.7. The molecule has 0 bridgehead atoms.